The van der Waals surface area contributed by atoms with Crippen LogP contribution in [0.5, 0.6) is 0 Å². The third kappa shape index (κ3) is 12.7. The van der Waals surface area contributed by atoms with E-state index in [1.807, 2.05) is 24.3 Å². The molecule has 4 amide bonds. The Morgan fingerprint density at radius 1 is 1.04 bits per heavy atom. The Hall–Kier alpha value is -3.81. The van der Waals surface area contributed by atoms with Crippen LogP contribution in [0.25, 0.3) is 10.8 Å². The predicted molar refractivity (Wildman–Crippen MR) is 178 cm³/mol. The molecule has 0 saturated heterocycles. The lowest BCUT2D eigenvalue weighted by atomic mass is 10.1. The van der Waals surface area contributed by atoms with Crippen molar-refractivity contribution in [2.24, 2.45) is 0 Å². The van der Waals surface area contributed by atoms with Crippen LogP contribution in [0.1, 0.15) is 32.3 Å². The van der Waals surface area contributed by atoms with Crippen molar-refractivity contribution in [3.05, 3.63) is 71.1 Å². The number of likely N-dealkylation sites (N-methyl/N-ethyl adjacent to an activating group) is 1. The van der Waals surface area contributed by atoms with Crippen molar-refractivity contribution < 1.29 is 41.6 Å². The molecule has 1 aromatic heterocycles. The van der Waals surface area contributed by atoms with Gasteiger partial charge in [0.15, 0.2) is 0 Å². The molecule has 3 aromatic rings. The summed E-state index contributed by atoms with van der Waals surface area (Å²) in [6, 6.07) is 12.7. The third-order valence-electron chi connectivity index (χ3n) is 6.93. The van der Waals surface area contributed by atoms with E-state index in [0.717, 1.165) is 10.8 Å². The minimum absolute atomic E-state index is 0. The number of nitrogens with one attached hydrogen (secondary N) is 3. The minimum atomic E-state index is -3.64. The number of carbonyl (C=O) groups excluding carboxylic acids is 3. The van der Waals surface area contributed by atoms with Gasteiger partial charge < -0.3 is 20.3 Å². The number of ether oxygens (including phenoxy) is 1. The van der Waals surface area contributed by atoms with E-state index in [2.05, 4.69) is 30.0 Å². The molecule has 0 aliphatic heterocycles. The van der Waals surface area contributed by atoms with Crippen molar-refractivity contribution in [2.45, 2.75) is 39.2 Å². The van der Waals surface area contributed by atoms with Crippen molar-refractivity contribution >= 4 is 54.0 Å². The molecule has 0 fully saturated rings. The first-order valence-electron chi connectivity index (χ1n) is 14.4. The number of halogens is 2. The summed E-state index contributed by atoms with van der Waals surface area (Å²) < 4.78 is 45.5. The first kappa shape index (κ1) is 39.4. The number of fused-ring (bicyclic) bond motifs is 1. The van der Waals surface area contributed by atoms with Crippen LogP contribution < -0.4 is 16.0 Å². The van der Waals surface area contributed by atoms with Gasteiger partial charge in [0.25, 0.3) is 0 Å². The van der Waals surface area contributed by atoms with Crippen LogP contribution in [-0.4, -0.2) is 81.5 Å². The number of rotatable bonds is 17. The van der Waals surface area contributed by atoms with Gasteiger partial charge in [-0.3, -0.25) is 23.7 Å². The van der Waals surface area contributed by atoms with Gasteiger partial charge in [-0.1, -0.05) is 55.4 Å². The number of amides is 4. The fourth-order valence-corrected chi connectivity index (χ4v) is 5.22. The molecule has 0 spiro atoms. The molecule has 0 unspecified atom stereocenters. The molecule has 1 heterocycles. The standard InChI is InChI=1S/C30H38ClFN5O8P.CH4/c1-37(27(38)14-13-21-10-6-12-25(32)28(21)31)24(11-7-15-33-29(39)34-16-17-45-46(41,42-2)43-3)20-44-30(40)36-26-18-22-8-4-5-9-23(22)19-35-26;/h4-6,8-10,12,18-19,24H,7,11,13-17,20H2,1-3H3,(H2,33,34,39)(H,35,36,40);1H4/t24-;/m0./s1. The van der Waals surface area contributed by atoms with Crippen LogP contribution in [0.3, 0.4) is 0 Å². The van der Waals surface area contributed by atoms with E-state index in [1.165, 1.54) is 31.3 Å². The van der Waals surface area contributed by atoms with E-state index in [9.17, 15) is 23.3 Å². The Morgan fingerprint density at radius 3 is 2.47 bits per heavy atom. The number of pyridine rings is 1. The SMILES string of the molecule is C.COP(=O)(OC)OCCNC(=O)NCCC[C@@H](COC(=O)Nc1cc2ccccc2cn1)N(C)C(=O)CCc1cccc(F)c1Cl. The number of nitrogens with zero attached hydrogens (tertiary/aromatic N) is 2. The second-order valence-corrected chi connectivity index (χ2v) is 12.2. The average molecular weight is 698 g/mol. The van der Waals surface area contributed by atoms with Crippen LogP contribution in [0.2, 0.25) is 5.02 Å². The molecule has 2 aromatic carbocycles. The van der Waals surface area contributed by atoms with E-state index in [-0.39, 0.29) is 57.5 Å². The first-order valence-corrected chi connectivity index (χ1v) is 16.2. The Bertz CT molecular complexity index is 1530. The number of hydrogen-bond donors (Lipinski definition) is 3. The summed E-state index contributed by atoms with van der Waals surface area (Å²) in [7, 11) is 0.316. The quantitative estimate of drug-likeness (QED) is 0.111. The predicted octanol–water partition coefficient (Wildman–Crippen LogP) is 6.17. The molecule has 3 rings (SSSR count). The fraction of sp³-hybridized carbons (Fsp3) is 0.419. The zero-order valence-corrected chi connectivity index (χ0v) is 27.4. The molecule has 13 nitrogen and oxygen atoms in total. The molecular formula is C31H42ClFN5O8P. The van der Waals surface area contributed by atoms with Crippen LogP contribution >= 0.6 is 19.4 Å². The van der Waals surface area contributed by atoms with Gasteiger partial charge in [0.05, 0.1) is 17.7 Å². The zero-order valence-electron chi connectivity index (χ0n) is 25.8. The Morgan fingerprint density at radius 2 is 1.74 bits per heavy atom. The van der Waals surface area contributed by atoms with E-state index in [4.69, 9.17) is 20.9 Å². The number of aromatic nitrogens is 1. The van der Waals surface area contributed by atoms with Crippen molar-refractivity contribution in [2.75, 3.05) is 52.9 Å². The molecule has 3 N–H and O–H groups in total. The Kier molecular flexibility index (Phi) is 16.6. The van der Waals surface area contributed by atoms with E-state index < -0.39 is 31.8 Å². The van der Waals surface area contributed by atoms with Gasteiger partial charge in [-0.05, 0) is 42.3 Å². The maximum Gasteiger partial charge on any atom is 0.474 e. The highest BCUT2D eigenvalue weighted by atomic mass is 35.5. The highest BCUT2D eigenvalue weighted by Gasteiger charge is 2.23. The average Bonchev–Trinajstić information content (AvgIpc) is 3.06. The number of anilines is 1. The van der Waals surface area contributed by atoms with Crippen molar-refractivity contribution in [3.8, 4) is 0 Å². The lowest BCUT2D eigenvalue weighted by Crippen LogP contribution is -2.42. The van der Waals surface area contributed by atoms with Gasteiger partial charge in [-0.15, -0.1) is 0 Å². The van der Waals surface area contributed by atoms with Crippen molar-refractivity contribution in [1.29, 1.82) is 0 Å². The molecule has 16 heteroatoms. The van der Waals surface area contributed by atoms with E-state index in [0.29, 0.717) is 24.2 Å². The number of urea groups is 1. The number of phosphoric ester groups is 1. The van der Waals surface area contributed by atoms with Gasteiger partial charge in [0.2, 0.25) is 5.91 Å². The molecule has 0 bridgehead atoms. The normalized spacial score (nSPS) is 11.7. The Labute approximate surface area is 279 Å². The topological polar surface area (TPSA) is 157 Å². The zero-order chi connectivity index (χ0) is 33.5. The van der Waals surface area contributed by atoms with Crippen LogP contribution in [-0.2, 0) is 34.1 Å². The summed E-state index contributed by atoms with van der Waals surface area (Å²) in [5.74, 6) is -0.516. The van der Waals surface area contributed by atoms with Crippen molar-refractivity contribution in [3.63, 3.8) is 0 Å². The second-order valence-electron chi connectivity index (χ2n) is 9.98. The number of phosphoric acid groups is 1. The van der Waals surface area contributed by atoms with Crippen LogP contribution in [0.4, 0.5) is 19.8 Å². The summed E-state index contributed by atoms with van der Waals surface area (Å²) in [6.45, 7) is 0.0556. The summed E-state index contributed by atoms with van der Waals surface area (Å²) >= 11 is 6.05. The fourth-order valence-electron chi connectivity index (χ4n) is 4.32. The van der Waals surface area contributed by atoms with E-state index >= 15 is 0 Å². The number of hydrogen-bond acceptors (Lipinski definition) is 9. The summed E-state index contributed by atoms with van der Waals surface area (Å²) in [6.07, 6.45) is 1.97. The van der Waals surface area contributed by atoms with E-state index in [1.54, 1.807) is 25.4 Å². The third-order valence-corrected chi connectivity index (χ3v) is 8.75. The minimum Gasteiger partial charge on any atom is -0.447 e. The summed E-state index contributed by atoms with van der Waals surface area (Å²) in [5, 5.41) is 9.62. The lowest BCUT2D eigenvalue weighted by molar-refractivity contribution is -0.132. The van der Waals surface area contributed by atoms with Crippen LogP contribution in [0.15, 0.2) is 54.7 Å². The smallest absolute Gasteiger partial charge is 0.447 e. The molecule has 47 heavy (non-hydrogen) atoms. The number of benzene rings is 2. The van der Waals surface area contributed by atoms with Gasteiger partial charge in [0.1, 0.15) is 18.2 Å². The number of carbonyl (C=O) groups is 3. The lowest BCUT2D eigenvalue weighted by Gasteiger charge is -2.28. The molecule has 0 aliphatic rings. The molecule has 0 aliphatic carbocycles. The largest absolute Gasteiger partial charge is 0.474 e. The monoisotopic (exact) mass is 697 g/mol. The van der Waals surface area contributed by atoms with Crippen molar-refractivity contribution in [1.82, 2.24) is 20.5 Å². The molecule has 1 atom stereocenters. The first-order chi connectivity index (χ1) is 22.0. The van der Waals surface area contributed by atoms with Crippen LogP contribution in [0, 0.1) is 5.82 Å². The highest BCUT2D eigenvalue weighted by molar-refractivity contribution is 7.48. The molecule has 0 radical (unpaired) electrons. The summed E-state index contributed by atoms with van der Waals surface area (Å²) in [4.78, 5) is 43.6. The van der Waals surface area contributed by atoms with Gasteiger partial charge in [-0.2, -0.15) is 0 Å². The van der Waals surface area contributed by atoms with Gasteiger partial charge in [0, 0.05) is 52.4 Å². The van der Waals surface area contributed by atoms with Gasteiger partial charge >= 0.3 is 19.9 Å². The summed E-state index contributed by atoms with van der Waals surface area (Å²) in [5.41, 5.74) is 0.506. The van der Waals surface area contributed by atoms with Gasteiger partial charge in [-0.25, -0.2) is 23.5 Å². The Balaban J connectivity index is 0.00000768. The number of aryl methyl sites for hydroxylation is 1. The maximum atomic E-state index is 13.8. The maximum absolute atomic E-state index is 13.8. The molecular weight excluding hydrogens is 656 g/mol. The molecule has 0 saturated carbocycles. The second kappa shape index (κ2) is 19.8. The highest BCUT2D eigenvalue weighted by Crippen LogP contribution is 2.47. The molecule has 258 valence electrons.